The molecular weight excluding hydrogens is 196 g/mol. The first-order valence-corrected chi connectivity index (χ1v) is 5.39. The molecule has 0 saturated carbocycles. The molecule has 0 spiro atoms. The van der Waals surface area contributed by atoms with Crippen molar-refractivity contribution in [1.82, 2.24) is 10.2 Å². The summed E-state index contributed by atoms with van der Waals surface area (Å²) in [6.45, 7) is 2.14. The summed E-state index contributed by atoms with van der Waals surface area (Å²) < 4.78 is 0. The molecule has 0 amide bonds. The number of carbonyl (C=O) groups is 1. The molecule has 0 aromatic heterocycles. The summed E-state index contributed by atoms with van der Waals surface area (Å²) in [5.41, 5.74) is 0. The number of rotatable bonds is 6. The number of aliphatic hydroxyl groups is 1. The number of nitrogens with one attached hydrogen (secondary N) is 1. The molecule has 2 unspecified atom stereocenters. The Morgan fingerprint density at radius 1 is 1.53 bits per heavy atom. The van der Waals surface area contributed by atoms with Crippen LogP contribution in [0, 0.1) is 0 Å². The second-order valence-corrected chi connectivity index (χ2v) is 4.23. The fourth-order valence-electron chi connectivity index (χ4n) is 1.79. The van der Waals surface area contributed by atoms with Crippen LogP contribution in [0.1, 0.15) is 19.3 Å². The van der Waals surface area contributed by atoms with E-state index < -0.39 is 5.97 Å². The second kappa shape index (κ2) is 6.05. The van der Waals surface area contributed by atoms with E-state index in [1.807, 2.05) is 11.9 Å². The quantitative estimate of drug-likeness (QED) is 0.558. The first kappa shape index (κ1) is 12.4. The number of hydrogen-bond acceptors (Lipinski definition) is 4. The fourth-order valence-corrected chi connectivity index (χ4v) is 1.79. The minimum Gasteiger partial charge on any atom is -0.481 e. The standard InChI is InChI=1S/C10H20N2O3/c1-12(5-3-10(14)15)4-2-8-6-9(13)7-11-8/h8-9,11,13H,2-7H2,1H3,(H,14,15). The van der Waals surface area contributed by atoms with Gasteiger partial charge in [0.25, 0.3) is 0 Å². The lowest BCUT2D eigenvalue weighted by atomic mass is 10.1. The monoisotopic (exact) mass is 216 g/mol. The Morgan fingerprint density at radius 3 is 2.80 bits per heavy atom. The summed E-state index contributed by atoms with van der Waals surface area (Å²) in [4.78, 5) is 12.3. The smallest absolute Gasteiger partial charge is 0.304 e. The van der Waals surface area contributed by atoms with E-state index in [9.17, 15) is 9.90 Å². The van der Waals surface area contributed by atoms with Gasteiger partial charge < -0.3 is 20.4 Å². The van der Waals surface area contributed by atoms with Crippen molar-refractivity contribution in [2.24, 2.45) is 0 Å². The minimum absolute atomic E-state index is 0.192. The maximum Gasteiger partial charge on any atom is 0.304 e. The normalized spacial score (nSPS) is 26.1. The predicted molar refractivity (Wildman–Crippen MR) is 56.8 cm³/mol. The van der Waals surface area contributed by atoms with Gasteiger partial charge >= 0.3 is 5.97 Å². The largest absolute Gasteiger partial charge is 0.481 e. The van der Waals surface area contributed by atoms with Crippen LogP contribution in [0.3, 0.4) is 0 Å². The van der Waals surface area contributed by atoms with E-state index in [4.69, 9.17) is 5.11 Å². The molecule has 1 rings (SSSR count). The summed E-state index contributed by atoms with van der Waals surface area (Å²) in [5, 5.41) is 21.0. The number of nitrogens with zero attached hydrogens (tertiary/aromatic N) is 1. The van der Waals surface area contributed by atoms with E-state index in [1.165, 1.54) is 0 Å². The van der Waals surface area contributed by atoms with E-state index in [0.29, 0.717) is 19.1 Å². The van der Waals surface area contributed by atoms with Gasteiger partial charge in [-0.2, -0.15) is 0 Å². The lowest BCUT2D eigenvalue weighted by Gasteiger charge is -2.18. The molecule has 5 heteroatoms. The van der Waals surface area contributed by atoms with Crippen LogP contribution in [0.25, 0.3) is 0 Å². The number of aliphatic hydroxyl groups excluding tert-OH is 1. The molecule has 0 aromatic rings. The highest BCUT2D eigenvalue weighted by Crippen LogP contribution is 2.09. The maximum atomic E-state index is 10.3. The van der Waals surface area contributed by atoms with Crippen molar-refractivity contribution < 1.29 is 15.0 Å². The molecule has 2 atom stereocenters. The Hall–Kier alpha value is -0.650. The van der Waals surface area contributed by atoms with Gasteiger partial charge in [-0.3, -0.25) is 4.79 Å². The van der Waals surface area contributed by atoms with Crippen LogP contribution in [0.15, 0.2) is 0 Å². The molecule has 0 aliphatic carbocycles. The zero-order chi connectivity index (χ0) is 11.3. The molecular formula is C10H20N2O3. The summed E-state index contributed by atoms with van der Waals surface area (Å²) in [6.07, 6.45) is 1.76. The van der Waals surface area contributed by atoms with Crippen LogP contribution in [-0.4, -0.2) is 59.9 Å². The molecule has 88 valence electrons. The van der Waals surface area contributed by atoms with E-state index in [0.717, 1.165) is 19.4 Å². The number of carboxylic acid groups (broad SMARTS) is 1. The Kier molecular flexibility index (Phi) is 5.01. The first-order valence-electron chi connectivity index (χ1n) is 5.39. The third-order valence-corrected chi connectivity index (χ3v) is 2.77. The third-order valence-electron chi connectivity index (χ3n) is 2.77. The highest BCUT2D eigenvalue weighted by Gasteiger charge is 2.21. The van der Waals surface area contributed by atoms with E-state index in [-0.39, 0.29) is 12.5 Å². The van der Waals surface area contributed by atoms with Gasteiger partial charge in [-0.1, -0.05) is 0 Å². The maximum absolute atomic E-state index is 10.3. The Bertz CT molecular complexity index is 211. The van der Waals surface area contributed by atoms with Crippen LogP contribution >= 0.6 is 0 Å². The van der Waals surface area contributed by atoms with Crippen molar-refractivity contribution in [3.05, 3.63) is 0 Å². The van der Waals surface area contributed by atoms with E-state index in [2.05, 4.69) is 5.32 Å². The van der Waals surface area contributed by atoms with Gasteiger partial charge in [0, 0.05) is 19.1 Å². The Morgan fingerprint density at radius 2 is 2.27 bits per heavy atom. The number of β-amino-alcohol motifs (C(OH)–C–C–N with tert-alkyl or cyclic N) is 1. The van der Waals surface area contributed by atoms with Gasteiger partial charge in [-0.15, -0.1) is 0 Å². The van der Waals surface area contributed by atoms with E-state index in [1.54, 1.807) is 0 Å². The van der Waals surface area contributed by atoms with Gasteiger partial charge in [0.05, 0.1) is 12.5 Å². The lowest BCUT2D eigenvalue weighted by Crippen LogP contribution is -2.29. The van der Waals surface area contributed by atoms with Gasteiger partial charge in [0.1, 0.15) is 0 Å². The highest BCUT2D eigenvalue weighted by molar-refractivity contribution is 5.66. The third kappa shape index (κ3) is 5.11. The molecule has 1 aliphatic rings. The van der Waals surface area contributed by atoms with Crippen molar-refractivity contribution in [2.75, 3.05) is 26.7 Å². The molecule has 1 aliphatic heterocycles. The molecule has 0 bridgehead atoms. The van der Waals surface area contributed by atoms with Crippen molar-refractivity contribution in [1.29, 1.82) is 0 Å². The van der Waals surface area contributed by atoms with E-state index >= 15 is 0 Å². The highest BCUT2D eigenvalue weighted by atomic mass is 16.4. The van der Waals surface area contributed by atoms with Gasteiger partial charge in [0.15, 0.2) is 0 Å². The average molecular weight is 216 g/mol. The number of carboxylic acids is 1. The molecule has 15 heavy (non-hydrogen) atoms. The molecule has 5 nitrogen and oxygen atoms in total. The van der Waals surface area contributed by atoms with Crippen LogP contribution in [0.5, 0.6) is 0 Å². The predicted octanol–water partition coefficient (Wildman–Crippen LogP) is -0.494. The summed E-state index contributed by atoms with van der Waals surface area (Å²) in [5.74, 6) is -0.753. The summed E-state index contributed by atoms with van der Waals surface area (Å²) in [6, 6.07) is 0.382. The van der Waals surface area contributed by atoms with Gasteiger partial charge in [-0.05, 0) is 26.4 Å². The fraction of sp³-hybridized carbons (Fsp3) is 0.900. The Labute approximate surface area is 90.1 Å². The van der Waals surface area contributed by atoms with Crippen molar-refractivity contribution in [3.8, 4) is 0 Å². The van der Waals surface area contributed by atoms with Crippen molar-refractivity contribution in [3.63, 3.8) is 0 Å². The zero-order valence-electron chi connectivity index (χ0n) is 9.15. The molecule has 3 N–H and O–H groups in total. The molecule has 0 radical (unpaired) electrons. The molecule has 0 aromatic carbocycles. The van der Waals surface area contributed by atoms with Crippen molar-refractivity contribution >= 4 is 5.97 Å². The van der Waals surface area contributed by atoms with Crippen molar-refractivity contribution in [2.45, 2.75) is 31.4 Å². The number of hydrogen-bond donors (Lipinski definition) is 3. The minimum atomic E-state index is -0.753. The second-order valence-electron chi connectivity index (χ2n) is 4.23. The molecule has 1 heterocycles. The van der Waals surface area contributed by atoms with Crippen LogP contribution in [0.4, 0.5) is 0 Å². The topological polar surface area (TPSA) is 72.8 Å². The Balaban J connectivity index is 2.06. The van der Waals surface area contributed by atoms with Gasteiger partial charge in [-0.25, -0.2) is 0 Å². The number of aliphatic carboxylic acids is 1. The van der Waals surface area contributed by atoms with Crippen LogP contribution in [-0.2, 0) is 4.79 Å². The van der Waals surface area contributed by atoms with Gasteiger partial charge in [0.2, 0.25) is 0 Å². The lowest BCUT2D eigenvalue weighted by molar-refractivity contribution is -0.137. The van der Waals surface area contributed by atoms with Crippen LogP contribution in [0.2, 0.25) is 0 Å². The SMILES string of the molecule is CN(CCC(=O)O)CCC1CC(O)CN1. The van der Waals surface area contributed by atoms with Crippen LogP contribution < -0.4 is 5.32 Å². The summed E-state index contributed by atoms with van der Waals surface area (Å²) in [7, 11) is 1.92. The average Bonchev–Trinajstić information content (AvgIpc) is 2.58. The molecule has 1 saturated heterocycles. The zero-order valence-corrected chi connectivity index (χ0v) is 9.15. The molecule has 1 fully saturated rings. The first-order chi connectivity index (χ1) is 7.08. The summed E-state index contributed by atoms with van der Waals surface area (Å²) >= 11 is 0.